The van der Waals surface area contributed by atoms with Gasteiger partial charge in [-0.3, -0.25) is 4.79 Å². The lowest BCUT2D eigenvalue weighted by molar-refractivity contribution is -0.139. The molecule has 1 aliphatic rings. The molecule has 32 heavy (non-hydrogen) atoms. The SMILES string of the molecule is COc1cc(/C=C2\C(=O)N(c3ccccc3)N=C2c2ccccc2)ccc1OCC(=O)O. The number of para-hydroxylation sites is 1. The molecule has 1 N–H and O–H groups in total. The molecule has 1 heterocycles. The number of carboxylic acid groups (broad SMARTS) is 1. The molecule has 0 spiro atoms. The predicted molar refractivity (Wildman–Crippen MR) is 121 cm³/mol. The second-order valence-corrected chi connectivity index (χ2v) is 6.92. The van der Waals surface area contributed by atoms with Crippen LogP contribution in [0.3, 0.4) is 0 Å². The summed E-state index contributed by atoms with van der Waals surface area (Å²) in [6.07, 6.45) is 1.74. The third kappa shape index (κ3) is 4.37. The average Bonchev–Trinajstić information content (AvgIpc) is 3.15. The standard InChI is InChI=1S/C25H20N2O5/c1-31-22-15-17(12-13-21(22)32-16-23(28)29)14-20-24(18-8-4-2-5-9-18)26-27(25(20)30)19-10-6-3-7-11-19/h2-15H,16H2,1H3,(H,28,29)/b20-14-. The number of nitrogens with zero attached hydrogens (tertiary/aromatic N) is 2. The number of carbonyl (C=O) groups excluding carboxylic acids is 1. The molecule has 4 rings (SSSR count). The normalized spacial score (nSPS) is 14.4. The first-order valence-electron chi connectivity index (χ1n) is 9.85. The summed E-state index contributed by atoms with van der Waals surface area (Å²) in [5, 5.41) is 14.8. The highest BCUT2D eigenvalue weighted by atomic mass is 16.5. The summed E-state index contributed by atoms with van der Waals surface area (Å²) in [7, 11) is 1.47. The fraction of sp³-hybridized carbons (Fsp3) is 0.0800. The lowest BCUT2D eigenvalue weighted by Crippen LogP contribution is -2.21. The van der Waals surface area contributed by atoms with E-state index in [0.29, 0.717) is 34.0 Å². The van der Waals surface area contributed by atoms with Crippen LogP contribution in [0.5, 0.6) is 11.5 Å². The Hall–Kier alpha value is -4.39. The molecule has 0 aromatic heterocycles. The number of hydrazone groups is 1. The number of hydrogen-bond donors (Lipinski definition) is 1. The minimum atomic E-state index is -1.08. The fourth-order valence-corrected chi connectivity index (χ4v) is 3.30. The molecule has 0 saturated heterocycles. The summed E-state index contributed by atoms with van der Waals surface area (Å²) in [4.78, 5) is 24.1. The Balaban J connectivity index is 1.74. The van der Waals surface area contributed by atoms with Crippen molar-refractivity contribution in [3.8, 4) is 11.5 Å². The Labute approximate surface area is 184 Å². The zero-order valence-corrected chi connectivity index (χ0v) is 17.3. The highest BCUT2D eigenvalue weighted by Crippen LogP contribution is 2.31. The van der Waals surface area contributed by atoms with E-state index in [0.717, 1.165) is 5.56 Å². The Morgan fingerprint density at radius 2 is 1.69 bits per heavy atom. The summed E-state index contributed by atoms with van der Waals surface area (Å²) < 4.78 is 10.6. The molecule has 1 amide bonds. The lowest BCUT2D eigenvalue weighted by atomic mass is 10.00. The van der Waals surface area contributed by atoms with Crippen LogP contribution in [0.2, 0.25) is 0 Å². The maximum Gasteiger partial charge on any atom is 0.341 e. The second kappa shape index (κ2) is 9.18. The van der Waals surface area contributed by atoms with Crippen LogP contribution in [-0.2, 0) is 9.59 Å². The molecule has 0 fully saturated rings. The first-order valence-corrected chi connectivity index (χ1v) is 9.85. The van der Waals surface area contributed by atoms with Crippen LogP contribution in [0.1, 0.15) is 11.1 Å². The number of amides is 1. The molecule has 0 unspecified atom stereocenters. The molecule has 0 radical (unpaired) electrons. The van der Waals surface area contributed by atoms with Gasteiger partial charge in [-0.15, -0.1) is 0 Å². The van der Waals surface area contributed by atoms with E-state index >= 15 is 0 Å². The van der Waals surface area contributed by atoms with Crippen LogP contribution < -0.4 is 14.5 Å². The number of hydrogen-bond acceptors (Lipinski definition) is 5. The van der Waals surface area contributed by atoms with E-state index in [4.69, 9.17) is 14.6 Å². The third-order valence-electron chi connectivity index (χ3n) is 4.78. The number of benzene rings is 3. The summed E-state index contributed by atoms with van der Waals surface area (Å²) >= 11 is 0. The van der Waals surface area contributed by atoms with E-state index in [1.807, 2.05) is 60.7 Å². The quantitative estimate of drug-likeness (QED) is 0.575. The van der Waals surface area contributed by atoms with Crippen LogP contribution in [-0.4, -0.2) is 36.4 Å². The van der Waals surface area contributed by atoms with Crippen molar-refractivity contribution in [2.75, 3.05) is 18.7 Å². The van der Waals surface area contributed by atoms with Crippen molar-refractivity contribution in [3.63, 3.8) is 0 Å². The first kappa shape index (κ1) is 20.9. The molecule has 0 bridgehead atoms. The molecule has 0 saturated carbocycles. The second-order valence-electron chi connectivity index (χ2n) is 6.92. The van der Waals surface area contributed by atoms with Crippen LogP contribution in [0.4, 0.5) is 5.69 Å². The van der Waals surface area contributed by atoms with Gasteiger partial charge in [-0.05, 0) is 35.9 Å². The van der Waals surface area contributed by atoms with Gasteiger partial charge in [-0.1, -0.05) is 54.6 Å². The zero-order valence-electron chi connectivity index (χ0n) is 17.3. The molecule has 3 aromatic carbocycles. The van der Waals surface area contributed by atoms with Gasteiger partial charge < -0.3 is 14.6 Å². The van der Waals surface area contributed by atoms with E-state index in [2.05, 4.69) is 5.10 Å². The Morgan fingerprint density at radius 1 is 1.00 bits per heavy atom. The van der Waals surface area contributed by atoms with Crippen molar-refractivity contribution in [3.05, 3.63) is 95.6 Å². The minimum Gasteiger partial charge on any atom is -0.493 e. The molecule has 3 aromatic rings. The van der Waals surface area contributed by atoms with E-state index in [1.165, 1.54) is 12.1 Å². The third-order valence-corrected chi connectivity index (χ3v) is 4.78. The molecule has 1 aliphatic heterocycles. The van der Waals surface area contributed by atoms with Crippen molar-refractivity contribution in [2.24, 2.45) is 5.10 Å². The molecule has 0 aliphatic carbocycles. The van der Waals surface area contributed by atoms with E-state index in [9.17, 15) is 9.59 Å². The molecular formula is C25H20N2O5. The Bertz CT molecular complexity index is 1200. The monoisotopic (exact) mass is 428 g/mol. The Morgan fingerprint density at radius 3 is 2.34 bits per heavy atom. The number of methoxy groups -OCH3 is 1. The molecule has 7 heteroatoms. The number of carbonyl (C=O) groups is 2. The van der Waals surface area contributed by atoms with Crippen LogP contribution in [0.25, 0.3) is 6.08 Å². The van der Waals surface area contributed by atoms with Gasteiger partial charge >= 0.3 is 5.97 Å². The van der Waals surface area contributed by atoms with Crippen molar-refractivity contribution >= 4 is 29.4 Å². The van der Waals surface area contributed by atoms with E-state index in [1.54, 1.807) is 24.3 Å². The summed E-state index contributed by atoms with van der Waals surface area (Å²) in [6, 6.07) is 23.7. The minimum absolute atomic E-state index is 0.250. The smallest absolute Gasteiger partial charge is 0.341 e. The molecule has 160 valence electrons. The zero-order chi connectivity index (χ0) is 22.5. The Kier molecular flexibility index (Phi) is 5.98. The summed E-state index contributed by atoms with van der Waals surface area (Å²) in [6.45, 7) is -0.480. The highest BCUT2D eigenvalue weighted by molar-refractivity contribution is 6.37. The number of anilines is 1. The highest BCUT2D eigenvalue weighted by Gasteiger charge is 2.32. The van der Waals surface area contributed by atoms with Gasteiger partial charge in [-0.2, -0.15) is 10.1 Å². The van der Waals surface area contributed by atoms with Crippen LogP contribution >= 0.6 is 0 Å². The molecular weight excluding hydrogens is 408 g/mol. The van der Waals surface area contributed by atoms with Gasteiger partial charge in [0.1, 0.15) is 5.71 Å². The predicted octanol–water partition coefficient (Wildman–Crippen LogP) is 3.99. The largest absolute Gasteiger partial charge is 0.493 e. The van der Waals surface area contributed by atoms with Crippen molar-refractivity contribution in [2.45, 2.75) is 0 Å². The van der Waals surface area contributed by atoms with Crippen LogP contribution in [0, 0.1) is 0 Å². The maximum absolute atomic E-state index is 13.3. The number of carboxylic acids is 1. The van der Waals surface area contributed by atoms with Crippen molar-refractivity contribution in [1.82, 2.24) is 0 Å². The van der Waals surface area contributed by atoms with E-state index < -0.39 is 12.6 Å². The number of ether oxygens (including phenoxy) is 2. The number of aliphatic carboxylic acids is 1. The fourth-order valence-electron chi connectivity index (χ4n) is 3.30. The van der Waals surface area contributed by atoms with Crippen molar-refractivity contribution in [1.29, 1.82) is 0 Å². The lowest BCUT2D eigenvalue weighted by Gasteiger charge is -2.11. The van der Waals surface area contributed by atoms with Gasteiger partial charge in [-0.25, -0.2) is 4.79 Å². The average molecular weight is 428 g/mol. The van der Waals surface area contributed by atoms with Crippen molar-refractivity contribution < 1.29 is 24.2 Å². The first-order chi connectivity index (χ1) is 15.6. The summed E-state index contributed by atoms with van der Waals surface area (Å²) in [5.74, 6) is -0.665. The molecule has 7 nitrogen and oxygen atoms in total. The van der Waals surface area contributed by atoms with Gasteiger partial charge in [0.15, 0.2) is 18.1 Å². The van der Waals surface area contributed by atoms with E-state index in [-0.39, 0.29) is 5.91 Å². The molecule has 0 atom stereocenters. The van der Waals surface area contributed by atoms with Crippen LogP contribution in [0.15, 0.2) is 89.5 Å². The topological polar surface area (TPSA) is 88.4 Å². The summed E-state index contributed by atoms with van der Waals surface area (Å²) in [5.41, 5.74) is 3.17. The maximum atomic E-state index is 13.3. The van der Waals surface area contributed by atoms with Gasteiger partial charge in [0.2, 0.25) is 0 Å². The van der Waals surface area contributed by atoms with Gasteiger partial charge in [0.25, 0.3) is 5.91 Å². The number of rotatable bonds is 7. The van der Waals surface area contributed by atoms with Gasteiger partial charge in [0, 0.05) is 5.56 Å². The van der Waals surface area contributed by atoms with Gasteiger partial charge in [0.05, 0.1) is 18.4 Å².